The standard InChI is InChI=1S/C28H25BO2S/c1-27(2)28(3,4)31-29(30-27)24-14-8-13-22-23-17-19(15-16-25(23)32-26(22)24)21-12-7-10-18-9-5-6-11-20(18)21/h5-17H,1-4H3. The van der Waals surface area contributed by atoms with Crippen LogP contribution in [0.15, 0.2) is 78.9 Å². The monoisotopic (exact) mass is 436 g/mol. The van der Waals surface area contributed by atoms with Gasteiger partial charge in [0.2, 0.25) is 0 Å². The molecule has 4 aromatic carbocycles. The second-order valence-corrected chi connectivity index (χ2v) is 10.7. The molecule has 32 heavy (non-hydrogen) atoms. The van der Waals surface area contributed by atoms with Gasteiger partial charge in [-0.3, -0.25) is 0 Å². The van der Waals surface area contributed by atoms with Crippen molar-refractivity contribution in [3.05, 3.63) is 78.9 Å². The molecule has 4 heteroatoms. The first-order valence-electron chi connectivity index (χ1n) is 11.1. The summed E-state index contributed by atoms with van der Waals surface area (Å²) in [5.74, 6) is 0. The minimum Gasteiger partial charge on any atom is -0.399 e. The molecule has 0 radical (unpaired) electrons. The van der Waals surface area contributed by atoms with Gasteiger partial charge in [-0.05, 0) is 67.1 Å². The van der Waals surface area contributed by atoms with Crippen molar-refractivity contribution in [3.8, 4) is 11.1 Å². The largest absolute Gasteiger partial charge is 0.496 e. The lowest BCUT2D eigenvalue weighted by molar-refractivity contribution is 0.00578. The van der Waals surface area contributed by atoms with E-state index in [1.165, 1.54) is 42.1 Å². The summed E-state index contributed by atoms with van der Waals surface area (Å²) in [6.45, 7) is 8.42. The van der Waals surface area contributed by atoms with Gasteiger partial charge in [0, 0.05) is 20.2 Å². The highest BCUT2D eigenvalue weighted by atomic mass is 32.1. The molecule has 0 spiro atoms. The number of benzene rings is 4. The molecule has 0 bridgehead atoms. The summed E-state index contributed by atoms with van der Waals surface area (Å²) in [5, 5.41) is 5.10. The van der Waals surface area contributed by atoms with Gasteiger partial charge in [0.05, 0.1) is 11.2 Å². The van der Waals surface area contributed by atoms with Crippen molar-refractivity contribution in [2.24, 2.45) is 0 Å². The summed E-state index contributed by atoms with van der Waals surface area (Å²) in [6.07, 6.45) is 0. The Bertz CT molecular complexity index is 1480. The zero-order valence-corrected chi connectivity index (χ0v) is 19.6. The Hall–Kier alpha value is -2.66. The fraction of sp³-hybridized carbons (Fsp3) is 0.214. The van der Waals surface area contributed by atoms with Crippen molar-refractivity contribution >= 4 is 54.9 Å². The van der Waals surface area contributed by atoms with Crippen molar-refractivity contribution in [2.45, 2.75) is 38.9 Å². The van der Waals surface area contributed by atoms with Crippen LogP contribution in [0.1, 0.15) is 27.7 Å². The second kappa shape index (κ2) is 6.92. The molecule has 1 aliphatic heterocycles. The van der Waals surface area contributed by atoms with Crippen molar-refractivity contribution in [1.29, 1.82) is 0 Å². The summed E-state index contributed by atoms with van der Waals surface area (Å²) < 4.78 is 15.3. The van der Waals surface area contributed by atoms with E-state index in [1.807, 2.05) is 11.3 Å². The summed E-state index contributed by atoms with van der Waals surface area (Å²) in [4.78, 5) is 0. The molecular formula is C28H25BO2S. The molecule has 1 aliphatic rings. The molecule has 0 saturated carbocycles. The average molecular weight is 436 g/mol. The van der Waals surface area contributed by atoms with Crippen LogP contribution >= 0.6 is 11.3 Å². The smallest absolute Gasteiger partial charge is 0.399 e. The van der Waals surface area contributed by atoms with Crippen LogP contribution in [0.25, 0.3) is 42.1 Å². The molecule has 6 rings (SSSR count). The van der Waals surface area contributed by atoms with E-state index in [9.17, 15) is 0 Å². The summed E-state index contributed by atoms with van der Waals surface area (Å²) >= 11 is 1.82. The van der Waals surface area contributed by atoms with E-state index in [0.717, 1.165) is 5.46 Å². The quantitative estimate of drug-likeness (QED) is 0.273. The maximum atomic E-state index is 6.38. The van der Waals surface area contributed by atoms with Gasteiger partial charge in [0.15, 0.2) is 0 Å². The van der Waals surface area contributed by atoms with Crippen LogP contribution in [0.5, 0.6) is 0 Å². The Kier molecular flexibility index (Phi) is 4.32. The summed E-state index contributed by atoms with van der Waals surface area (Å²) in [6, 6.07) is 28.4. The lowest BCUT2D eigenvalue weighted by atomic mass is 9.78. The number of hydrogen-bond acceptors (Lipinski definition) is 3. The highest BCUT2D eigenvalue weighted by Crippen LogP contribution is 2.40. The molecule has 1 fully saturated rings. The third-order valence-electron chi connectivity index (χ3n) is 7.14. The summed E-state index contributed by atoms with van der Waals surface area (Å²) in [5.41, 5.74) is 2.94. The predicted octanol–water partition coefficient (Wildman–Crippen LogP) is 7.17. The van der Waals surface area contributed by atoms with Crippen LogP contribution < -0.4 is 5.46 Å². The normalized spacial score (nSPS) is 17.6. The van der Waals surface area contributed by atoms with E-state index >= 15 is 0 Å². The topological polar surface area (TPSA) is 18.5 Å². The van der Waals surface area contributed by atoms with Crippen molar-refractivity contribution in [2.75, 3.05) is 0 Å². The first kappa shape index (κ1) is 20.0. The molecule has 1 aromatic heterocycles. The molecular weight excluding hydrogens is 411 g/mol. The fourth-order valence-corrected chi connectivity index (χ4v) is 5.83. The third-order valence-corrected chi connectivity index (χ3v) is 8.37. The van der Waals surface area contributed by atoms with Gasteiger partial charge in [-0.25, -0.2) is 0 Å². The van der Waals surface area contributed by atoms with E-state index in [1.54, 1.807) is 0 Å². The van der Waals surface area contributed by atoms with Crippen LogP contribution in [0.2, 0.25) is 0 Å². The van der Waals surface area contributed by atoms with Crippen LogP contribution in [-0.4, -0.2) is 18.3 Å². The molecule has 0 aliphatic carbocycles. The maximum absolute atomic E-state index is 6.38. The molecule has 0 N–H and O–H groups in total. The Morgan fingerprint density at radius 3 is 2.19 bits per heavy atom. The molecule has 5 aromatic rings. The lowest BCUT2D eigenvalue weighted by Gasteiger charge is -2.32. The van der Waals surface area contributed by atoms with Gasteiger partial charge in [0.1, 0.15) is 0 Å². The van der Waals surface area contributed by atoms with E-state index in [0.29, 0.717) is 0 Å². The van der Waals surface area contributed by atoms with Crippen LogP contribution in [-0.2, 0) is 9.31 Å². The number of hydrogen-bond donors (Lipinski definition) is 0. The maximum Gasteiger partial charge on any atom is 0.496 e. The zero-order chi connectivity index (χ0) is 22.1. The highest BCUT2D eigenvalue weighted by molar-refractivity contribution is 7.27. The summed E-state index contributed by atoms with van der Waals surface area (Å²) in [7, 11) is -0.353. The second-order valence-electron chi connectivity index (χ2n) is 9.65. The fourth-order valence-electron chi connectivity index (χ4n) is 4.62. The van der Waals surface area contributed by atoms with E-state index in [2.05, 4.69) is 107 Å². The van der Waals surface area contributed by atoms with Gasteiger partial charge in [0.25, 0.3) is 0 Å². The first-order valence-corrected chi connectivity index (χ1v) is 11.9. The van der Waals surface area contributed by atoms with E-state index in [4.69, 9.17) is 9.31 Å². The molecule has 2 nitrogen and oxygen atoms in total. The molecule has 0 amide bonds. The zero-order valence-electron chi connectivity index (χ0n) is 18.8. The van der Waals surface area contributed by atoms with Crippen LogP contribution in [0, 0.1) is 0 Å². The van der Waals surface area contributed by atoms with E-state index < -0.39 is 0 Å². The predicted molar refractivity (Wildman–Crippen MR) is 138 cm³/mol. The molecule has 2 heterocycles. The van der Waals surface area contributed by atoms with Gasteiger partial charge in [-0.1, -0.05) is 66.7 Å². The minimum atomic E-state index is -0.353. The molecule has 0 unspecified atom stereocenters. The lowest BCUT2D eigenvalue weighted by Crippen LogP contribution is -2.41. The Balaban J connectivity index is 1.52. The highest BCUT2D eigenvalue weighted by Gasteiger charge is 2.52. The van der Waals surface area contributed by atoms with Crippen molar-refractivity contribution in [1.82, 2.24) is 0 Å². The minimum absolute atomic E-state index is 0.349. The van der Waals surface area contributed by atoms with Crippen molar-refractivity contribution in [3.63, 3.8) is 0 Å². The average Bonchev–Trinajstić information content (AvgIpc) is 3.25. The molecule has 1 saturated heterocycles. The number of thiophene rings is 1. The number of rotatable bonds is 2. The molecule has 158 valence electrons. The van der Waals surface area contributed by atoms with E-state index in [-0.39, 0.29) is 18.3 Å². The SMILES string of the molecule is CC1(C)OB(c2cccc3c2sc2ccc(-c4cccc5ccccc45)cc23)OC1(C)C. The first-order chi connectivity index (χ1) is 15.3. The Labute approximate surface area is 192 Å². The van der Waals surface area contributed by atoms with Gasteiger partial charge in [-0.15, -0.1) is 11.3 Å². The van der Waals surface area contributed by atoms with Crippen LogP contribution in [0.4, 0.5) is 0 Å². The Morgan fingerprint density at radius 2 is 1.38 bits per heavy atom. The van der Waals surface area contributed by atoms with Gasteiger partial charge < -0.3 is 9.31 Å². The molecule has 0 atom stereocenters. The van der Waals surface area contributed by atoms with Crippen LogP contribution in [0.3, 0.4) is 0 Å². The third kappa shape index (κ3) is 2.94. The van der Waals surface area contributed by atoms with Gasteiger partial charge >= 0.3 is 7.12 Å². The Morgan fingerprint density at radius 1 is 0.688 bits per heavy atom. The number of fused-ring (bicyclic) bond motifs is 4. The van der Waals surface area contributed by atoms with Crippen molar-refractivity contribution < 1.29 is 9.31 Å². The van der Waals surface area contributed by atoms with Gasteiger partial charge in [-0.2, -0.15) is 0 Å².